The van der Waals surface area contributed by atoms with Gasteiger partial charge in [0, 0.05) is 19.2 Å². The van der Waals surface area contributed by atoms with Crippen molar-refractivity contribution in [3.8, 4) is 0 Å². The second-order valence-corrected chi connectivity index (χ2v) is 5.51. The zero-order valence-electron chi connectivity index (χ0n) is 12.8. The van der Waals surface area contributed by atoms with Crippen LogP contribution in [0.3, 0.4) is 0 Å². The topological polar surface area (TPSA) is 49.8 Å². The fraction of sp³-hybridized carbons (Fsp3) is 0.562. The van der Waals surface area contributed by atoms with Gasteiger partial charge in [-0.3, -0.25) is 9.69 Å². The largest absolute Gasteiger partial charge is 0.389 e. The first-order chi connectivity index (χ1) is 9.43. The number of methoxy groups -OCH3 is 1. The highest BCUT2D eigenvalue weighted by Crippen LogP contribution is 2.15. The van der Waals surface area contributed by atoms with Gasteiger partial charge in [0.25, 0.3) is 0 Å². The van der Waals surface area contributed by atoms with Crippen molar-refractivity contribution >= 4 is 5.78 Å². The van der Waals surface area contributed by atoms with Crippen molar-refractivity contribution in [2.24, 2.45) is 0 Å². The molecular weight excluding hydrogens is 254 g/mol. The van der Waals surface area contributed by atoms with E-state index in [-0.39, 0.29) is 12.4 Å². The van der Waals surface area contributed by atoms with Crippen molar-refractivity contribution in [2.75, 3.05) is 33.9 Å². The molecule has 1 atom stereocenters. The molecule has 1 N–H and O–H groups in total. The van der Waals surface area contributed by atoms with E-state index in [0.717, 1.165) is 0 Å². The molecule has 0 spiro atoms. The smallest absolute Gasteiger partial charge is 0.176 e. The molecule has 112 valence electrons. The molecule has 0 fully saturated rings. The molecule has 20 heavy (non-hydrogen) atoms. The molecule has 1 rings (SSSR count). The van der Waals surface area contributed by atoms with E-state index in [9.17, 15) is 9.90 Å². The van der Waals surface area contributed by atoms with Crippen molar-refractivity contribution in [3.63, 3.8) is 0 Å². The summed E-state index contributed by atoms with van der Waals surface area (Å²) in [6, 6.07) is 7.74. The Kier molecular flexibility index (Phi) is 6.85. The lowest BCUT2D eigenvalue weighted by Crippen LogP contribution is -2.35. The third-order valence-corrected chi connectivity index (χ3v) is 3.19. The van der Waals surface area contributed by atoms with Gasteiger partial charge in [0.1, 0.15) is 0 Å². The summed E-state index contributed by atoms with van der Waals surface area (Å²) in [5.74, 6) is 0.526. The van der Waals surface area contributed by atoms with Crippen LogP contribution < -0.4 is 0 Å². The molecule has 0 amide bonds. The number of nitrogens with zero attached hydrogens (tertiary/aromatic N) is 1. The Morgan fingerprint density at radius 1 is 1.30 bits per heavy atom. The van der Waals surface area contributed by atoms with Crippen LogP contribution in [0, 0.1) is 0 Å². The number of carbonyl (C=O) groups excluding carboxylic acids is 1. The minimum atomic E-state index is -0.568. The van der Waals surface area contributed by atoms with E-state index in [1.165, 1.54) is 5.56 Å². The zero-order valence-corrected chi connectivity index (χ0v) is 12.8. The molecule has 0 heterocycles. The first-order valence-electron chi connectivity index (χ1n) is 6.92. The minimum absolute atomic E-state index is 0.0624. The highest BCUT2D eigenvalue weighted by Gasteiger charge is 2.13. The number of ether oxygens (including phenoxy) is 1. The Hall–Kier alpha value is -1.23. The lowest BCUT2D eigenvalue weighted by Gasteiger charge is -2.19. The number of benzene rings is 1. The molecule has 0 saturated heterocycles. The van der Waals surface area contributed by atoms with E-state index in [1.54, 1.807) is 7.11 Å². The first kappa shape index (κ1) is 16.8. The van der Waals surface area contributed by atoms with Crippen LogP contribution in [0.15, 0.2) is 24.3 Å². The average molecular weight is 279 g/mol. The molecule has 4 nitrogen and oxygen atoms in total. The average Bonchev–Trinajstić information content (AvgIpc) is 2.38. The Balaban J connectivity index is 2.53. The monoisotopic (exact) mass is 279 g/mol. The maximum atomic E-state index is 12.1. The lowest BCUT2D eigenvalue weighted by molar-refractivity contribution is 0.0427. The van der Waals surface area contributed by atoms with Crippen LogP contribution in [0.5, 0.6) is 0 Å². The molecule has 0 aliphatic carbocycles. The molecule has 0 radical (unpaired) electrons. The first-order valence-corrected chi connectivity index (χ1v) is 6.92. The third-order valence-electron chi connectivity index (χ3n) is 3.19. The van der Waals surface area contributed by atoms with Crippen molar-refractivity contribution in [1.29, 1.82) is 0 Å². The fourth-order valence-corrected chi connectivity index (χ4v) is 2.06. The highest BCUT2D eigenvalue weighted by atomic mass is 16.5. The molecule has 0 bridgehead atoms. The molecule has 0 aromatic heterocycles. The molecule has 4 heteroatoms. The van der Waals surface area contributed by atoms with Crippen molar-refractivity contribution in [3.05, 3.63) is 35.4 Å². The van der Waals surface area contributed by atoms with Crippen molar-refractivity contribution in [2.45, 2.75) is 25.9 Å². The number of carbonyl (C=O) groups is 1. The zero-order chi connectivity index (χ0) is 15.1. The second-order valence-electron chi connectivity index (χ2n) is 5.51. The van der Waals surface area contributed by atoms with Crippen LogP contribution in [0.4, 0.5) is 0 Å². The normalized spacial score (nSPS) is 12.9. The van der Waals surface area contributed by atoms with Gasteiger partial charge in [-0.25, -0.2) is 0 Å². The molecule has 1 aromatic carbocycles. The van der Waals surface area contributed by atoms with Gasteiger partial charge >= 0.3 is 0 Å². The molecule has 0 saturated carbocycles. The minimum Gasteiger partial charge on any atom is -0.389 e. The molecule has 1 aromatic rings. The van der Waals surface area contributed by atoms with E-state index >= 15 is 0 Å². The van der Waals surface area contributed by atoms with Crippen LogP contribution in [-0.2, 0) is 4.74 Å². The number of likely N-dealkylation sites (N-methyl/N-ethyl adjacent to an activating group) is 1. The number of ketones is 1. The summed E-state index contributed by atoms with van der Waals surface area (Å²) in [6.07, 6.45) is -0.568. The van der Waals surface area contributed by atoms with Gasteiger partial charge in [-0.1, -0.05) is 38.1 Å². The standard InChI is InChI=1S/C16H25NO3/c1-12(2)13-5-7-14(8-6-13)16(19)10-17(3)9-15(18)11-20-4/h5-8,12,15,18H,9-11H2,1-4H3. The predicted molar refractivity (Wildman–Crippen MR) is 80.2 cm³/mol. The van der Waals surface area contributed by atoms with Gasteiger partial charge in [0.05, 0.1) is 19.3 Å². The van der Waals surface area contributed by atoms with Crippen LogP contribution in [-0.4, -0.2) is 55.7 Å². The van der Waals surface area contributed by atoms with Gasteiger partial charge in [-0.15, -0.1) is 0 Å². The van der Waals surface area contributed by atoms with Gasteiger partial charge in [-0.2, -0.15) is 0 Å². The van der Waals surface area contributed by atoms with Gasteiger partial charge in [0.15, 0.2) is 5.78 Å². The Bertz CT molecular complexity index is 414. The maximum Gasteiger partial charge on any atom is 0.176 e. The fourth-order valence-electron chi connectivity index (χ4n) is 2.06. The molecular formula is C16H25NO3. The highest BCUT2D eigenvalue weighted by molar-refractivity contribution is 5.97. The van der Waals surface area contributed by atoms with E-state index in [0.29, 0.717) is 24.6 Å². The van der Waals surface area contributed by atoms with Gasteiger partial charge < -0.3 is 9.84 Å². The van der Waals surface area contributed by atoms with E-state index < -0.39 is 6.10 Å². The number of aliphatic hydroxyl groups excluding tert-OH is 1. The van der Waals surface area contributed by atoms with E-state index in [4.69, 9.17) is 4.74 Å². The maximum absolute atomic E-state index is 12.1. The van der Waals surface area contributed by atoms with Crippen molar-refractivity contribution < 1.29 is 14.6 Å². The predicted octanol–water partition coefficient (Wildman–Crippen LogP) is 1.93. The van der Waals surface area contributed by atoms with Crippen LogP contribution >= 0.6 is 0 Å². The van der Waals surface area contributed by atoms with E-state index in [1.807, 2.05) is 36.2 Å². The number of hydrogen-bond acceptors (Lipinski definition) is 4. The van der Waals surface area contributed by atoms with Crippen molar-refractivity contribution in [1.82, 2.24) is 4.90 Å². The Morgan fingerprint density at radius 2 is 1.90 bits per heavy atom. The number of aliphatic hydroxyl groups is 1. The summed E-state index contributed by atoms with van der Waals surface area (Å²) in [7, 11) is 3.36. The lowest BCUT2D eigenvalue weighted by atomic mass is 10.0. The summed E-state index contributed by atoms with van der Waals surface area (Å²) >= 11 is 0. The number of rotatable bonds is 8. The van der Waals surface area contributed by atoms with Crippen LogP contribution in [0.25, 0.3) is 0 Å². The summed E-state index contributed by atoms with van der Waals surface area (Å²) in [5.41, 5.74) is 1.94. The van der Waals surface area contributed by atoms with E-state index in [2.05, 4.69) is 13.8 Å². The Morgan fingerprint density at radius 3 is 2.40 bits per heavy atom. The molecule has 0 aliphatic heterocycles. The van der Waals surface area contributed by atoms with Crippen LogP contribution in [0.1, 0.15) is 35.7 Å². The summed E-state index contributed by atoms with van der Waals surface area (Å²) in [6.45, 7) is 5.25. The van der Waals surface area contributed by atoms with Gasteiger partial charge in [0.2, 0.25) is 0 Å². The molecule has 0 aliphatic rings. The summed E-state index contributed by atoms with van der Waals surface area (Å²) < 4.78 is 4.87. The van der Waals surface area contributed by atoms with Gasteiger partial charge in [-0.05, 0) is 18.5 Å². The SMILES string of the molecule is COCC(O)CN(C)CC(=O)c1ccc(C(C)C)cc1. The quantitative estimate of drug-likeness (QED) is 0.739. The van der Waals surface area contributed by atoms with Crippen LogP contribution in [0.2, 0.25) is 0 Å². The number of Topliss-reactive ketones (excluding diaryl/α,β-unsaturated/α-hetero) is 1. The summed E-state index contributed by atoms with van der Waals surface area (Å²) in [4.78, 5) is 13.9. The Labute approximate surface area is 121 Å². The second kappa shape index (κ2) is 8.15. The summed E-state index contributed by atoms with van der Waals surface area (Å²) in [5, 5.41) is 9.62. The number of hydrogen-bond donors (Lipinski definition) is 1. The third kappa shape index (κ3) is 5.41. The molecule has 1 unspecified atom stereocenters.